The van der Waals surface area contributed by atoms with Crippen LogP contribution in [0.3, 0.4) is 0 Å². The van der Waals surface area contributed by atoms with Crippen LogP contribution < -0.4 is 0 Å². The van der Waals surface area contributed by atoms with Crippen molar-refractivity contribution in [3.8, 4) is 0 Å². The van der Waals surface area contributed by atoms with Gasteiger partial charge in [-0.25, -0.2) is 8.78 Å². The van der Waals surface area contributed by atoms with Gasteiger partial charge in [-0.05, 0) is 29.8 Å². The third-order valence-electron chi connectivity index (χ3n) is 2.42. The molecule has 0 aliphatic rings. The molecule has 0 spiro atoms. The average molecular weight is 282 g/mol. The third-order valence-corrected chi connectivity index (χ3v) is 2.67. The second-order valence-corrected chi connectivity index (χ2v) is 4.20. The Hall–Kier alpha value is -1.94. The predicted molar refractivity (Wildman–Crippen MR) is 70.2 cm³/mol. The van der Waals surface area contributed by atoms with E-state index in [2.05, 4.69) is 5.16 Å². The first-order valence-corrected chi connectivity index (χ1v) is 5.88. The first kappa shape index (κ1) is 13.5. The third kappa shape index (κ3) is 3.76. The van der Waals surface area contributed by atoms with Gasteiger partial charge in [0.1, 0.15) is 18.2 Å². The summed E-state index contributed by atoms with van der Waals surface area (Å²) >= 11 is 5.73. The van der Waals surface area contributed by atoms with Crippen LogP contribution >= 0.6 is 11.6 Å². The van der Waals surface area contributed by atoms with E-state index < -0.39 is 11.6 Å². The summed E-state index contributed by atoms with van der Waals surface area (Å²) in [6.07, 6.45) is 1.44. The average Bonchev–Trinajstić information content (AvgIpc) is 2.39. The standard InChI is InChI=1S/C14H10ClF2NO/c15-11-6-4-10(5-7-11)8-18-19-9-12-13(16)2-1-3-14(12)17/h1-8H,9H2. The Balaban J connectivity index is 1.95. The molecule has 0 saturated heterocycles. The lowest BCUT2D eigenvalue weighted by Crippen LogP contribution is -1.96. The Morgan fingerprint density at radius 2 is 1.68 bits per heavy atom. The molecule has 19 heavy (non-hydrogen) atoms. The molecule has 5 heteroatoms. The Morgan fingerprint density at radius 1 is 1.05 bits per heavy atom. The van der Waals surface area contributed by atoms with Crippen LogP contribution in [-0.2, 0) is 11.4 Å². The van der Waals surface area contributed by atoms with Gasteiger partial charge in [-0.3, -0.25) is 0 Å². The quantitative estimate of drug-likeness (QED) is 0.609. The maximum atomic E-state index is 13.3. The number of oxime groups is 1. The Morgan fingerprint density at radius 3 is 2.32 bits per heavy atom. The fourth-order valence-corrected chi connectivity index (χ4v) is 1.55. The maximum Gasteiger partial charge on any atom is 0.147 e. The zero-order chi connectivity index (χ0) is 13.7. The van der Waals surface area contributed by atoms with Crippen LogP contribution in [0.15, 0.2) is 47.6 Å². The van der Waals surface area contributed by atoms with Crippen molar-refractivity contribution in [1.29, 1.82) is 0 Å². The van der Waals surface area contributed by atoms with E-state index in [1.807, 2.05) is 0 Å². The summed E-state index contributed by atoms with van der Waals surface area (Å²) in [5.41, 5.74) is 0.633. The van der Waals surface area contributed by atoms with Crippen LogP contribution in [0.2, 0.25) is 5.02 Å². The number of hydrogen-bond donors (Lipinski definition) is 0. The van der Waals surface area contributed by atoms with E-state index >= 15 is 0 Å². The minimum Gasteiger partial charge on any atom is -0.391 e. The summed E-state index contributed by atoms with van der Waals surface area (Å²) in [6.45, 7) is -0.261. The molecule has 0 atom stereocenters. The number of hydrogen-bond acceptors (Lipinski definition) is 2. The molecule has 0 unspecified atom stereocenters. The largest absolute Gasteiger partial charge is 0.391 e. The van der Waals surface area contributed by atoms with Crippen LogP contribution in [0.25, 0.3) is 0 Å². The molecule has 0 aromatic heterocycles. The molecule has 0 aliphatic carbocycles. The lowest BCUT2D eigenvalue weighted by Gasteiger charge is -2.02. The van der Waals surface area contributed by atoms with Crippen LogP contribution in [0.5, 0.6) is 0 Å². The van der Waals surface area contributed by atoms with E-state index in [0.29, 0.717) is 5.02 Å². The second kappa shape index (κ2) is 6.29. The number of nitrogens with zero attached hydrogens (tertiary/aromatic N) is 1. The molecule has 0 aliphatic heterocycles. The minimum absolute atomic E-state index is 0.143. The molecular weight excluding hydrogens is 272 g/mol. The molecule has 0 heterocycles. The Bertz CT molecular complexity index is 564. The van der Waals surface area contributed by atoms with Gasteiger partial charge in [-0.2, -0.15) is 0 Å². The Labute approximate surface area is 114 Å². The zero-order valence-corrected chi connectivity index (χ0v) is 10.6. The van der Waals surface area contributed by atoms with Crippen LogP contribution in [0.1, 0.15) is 11.1 Å². The van der Waals surface area contributed by atoms with E-state index in [9.17, 15) is 8.78 Å². The van der Waals surface area contributed by atoms with Gasteiger partial charge in [-0.1, -0.05) is 35.0 Å². The molecular formula is C14H10ClF2NO. The first-order valence-electron chi connectivity index (χ1n) is 5.50. The molecule has 2 aromatic rings. The highest BCUT2D eigenvalue weighted by Gasteiger charge is 2.07. The van der Waals surface area contributed by atoms with Crippen molar-refractivity contribution in [2.24, 2.45) is 5.16 Å². The van der Waals surface area contributed by atoms with Crippen LogP contribution in [0, 0.1) is 11.6 Å². The predicted octanol–water partition coefficient (Wildman–Crippen LogP) is 4.17. The van der Waals surface area contributed by atoms with Crippen molar-refractivity contribution in [3.05, 3.63) is 70.2 Å². The van der Waals surface area contributed by atoms with Gasteiger partial charge in [0, 0.05) is 5.02 Å². The molecule has 0 amide bonds. The smallest absolute Gasteiger partial charge is 0.147 e. The van der Waals surface area contributed by atoms with Gasteiger partial charge in [0.05, 0.1) is 11.8 Å². The lowest BCUT2D eigenvalue weighted by atomic mass is 10.2. The molecule has 0 fully saturated rings. The van der Waals surface area contributed by atoms with Crippen LogP contribution in [0.4, 0.5) is 8.78 Å². The summed E-state index contributed by atoms with van der Waals surface area (Å²) in [5, 5.41) is 4.26. The van der Waals surface area contributed by atoms with Crippen molar-refractivity contribution < 1.29 is 13.6 Å². The number of rotatable bonds is 4. The summed E-state index contributed by atoms with van der Waals surface area (Å²) < 4.78 is 26.5. The minimum atomic E-state index is -0.651. The fraction of sp³-hybridized carbons (Fsp3) is 0.0714. The highest BCUT2D eigenvalue weighted by Crippen LogP contribution is 2.13. The summed E-state index contributed by atoms with van der Waals surface area (Å²) in [7, 11) is 0. The summed E-state index contributed by atoms with van der Waals surface area (Å²) in [6, 6.07) is 10.6. The maximum absolute atomic E-state index is 13.3. The first-order chi connectivity index (χ1) is 9.16. The van der Waals surface area contributed by atoms with Gasteiger partial charge in [0.15, 0.2) is 0 Å². The van der Waals surface area contributed by atoms with E-state index in [0.717, 1.165) is 5.56 Å². The van der Waals surface area contributed by atoms with Gasteiger partial charge in [-0.15, -0.1) is 0 Å². The molecule has 0 bridgehead atoms. The highest BCUT2D eigenvalue weighted by atomic mass is 35.5. The highest BCUT2D eigenvalue weighted by molar-refractivity contribution is 6.30. The summed E-state index contributed by atoms with van der Waals surface area (Å²) in [5.74, 6) is -1.30. The molecule has 0 N–H and O–H groups in total. The van der Waals surface area contributed by atoms with Gasteiger partial charge < -0.3 is 4.84 Å². The van der Waals surface area contributed by atoms with Crippen molar-refractivity contribution in [1.82, 2.24) is 0 Å². The van der Waals surface area contributed by atoms with Crippen molar-refractivity contribution in [2.75, 3.05) is 0 Å². The molecule has 0 saturated carbocycles. The van der Waals surface area contributed by atoms with Crippen molar-refractivity contribution >= 4 is 17.8 Å². The van der Waals surface area contributed by atoms with Gasteiger partial charge in [0.25, 0.3) is 0 Å². The molecule has 98 valence electrons. The van der Waals surface area contributed by atoms with Crippen molar-refractivity contribution in [2.45, 2.75) is 6.61 Å². The molecule has 2 rings (SSSR count). The van der Waals surface area contributed by atoms with E-state index in [-0.39, 0.29) is 12.2 Å². The van der Waals surface area contributed by atoms with E-state index in [1.54, 1.807) is 24.3 Å². The lowest BCUT2D eigenvalue weighted by molar-refractivity contribution is 0.126. The zero-order valence-electron chi connectivity index (χ0n) is 9.82. The fourth-order valence-electron chi connectivity index (χ4n) is 1.42. The second-order valence-electron chi connectivity index (χ2n) is 3.76. The van der Waals surface area contributed by atoms with Crippen LogP contribution in [-0.4, -0.2) is 6.21 Å². The molecule has 2 aromatic carbocycles. The van der Waals surface area contributed by atoms with E-state index in [4.69, 9.17) is 16.4 Å². The monoisotopic (exact) mass is 281 g/mol. The molecule has 2 nitrogen and oxygen atoms in total. The van der Waals surface area contributed by atoms with E-state index in [1.165, 1.54) is 24.4 Å². The number of benzene rings is 2. The SMILES string of the molecule is Fc1cccc(F)c1CON=Cc1ccc(Cl)cc1. The normalized spacial score (nSPS) is 10.9. The topological polar surface area (TPSA) is 21.6 Å². The van der Waals surface area contributed by atoms with Crippen molar-refractivity contribution in [3.63, 3.8) is 0 Å². The Kier molecular flexibility index (Phi) is 4.47. The molecule has 0 radical (unpaired) electrons. The van der Waals surface area contributed by atoms with Gasteiger partial charge in [0.2, 0.25) is 0 Å². The number of halogens is 3. The van der Waals surface area contributed by atoms with Gasteiger partial charge >= 0.3 is 0 Å². The summed E-state index contributed by atoms with van der Waals surface area (Å²) in [4.78, 5) is 4.87.